The molecule has 0 spiro atoms. The van der Waals surface area contributed by atoms with Crippen molar-refractivity contribution in [2.45, 2.75) is 12.5 Å². The van der Waals surface area contributed by atoms with Crippen LogP contribution >= 0.6 is 0 Å². The number of hydrogen-bond donors (Lipinski definition) is 1. The Balaban J connectivity index is 2.07. The van der Waals surface area contributed by atoms with Gasteiger partial charge in [-0.2, -0.15) is 5.26 Å². The van der Waals surface area contributed by atoms with Gasteiger partial charge < -0.3 is 14.6 Å². The smallest absolute Gasteiger partial charge is 0.123 e. The summed E-state index contributed by atoms with van der Waals surface area (Å²) in [6, 6.07) is 14.4. The average molecular weight is 309 g/mol. The van der Waals surface area contributed by atoms with Crippen molar-refractivity contribution in [2.24, 2.45) is 0 Å². The number of nitriles is 1. The predicted octanol–water partition coefficient (Wildman–Crippen LogP) is 3.41. The fourth-order valence-corrected chi connectivity index (χ4v) is 2.18. The number of benzene rings is 2. The molecule has 0 aliphatic heterocycles. The van der Waals surface area contributed by atoms with Gasteiger partial charge in [0.15, 0.2) is 0 Å². The Kier molecular flexibility index (Phi) is 5.79. The Hall–Kier alpha value is -2.77. The van der Waals surface area contributed by atoms with Gasteiger partial charge in [0, 0.05) is 5.56 Å². The second-order valence-electron chi connectivity index (χ2n) is 5.03. The lowest BCUT2D eigenvalue weighted by Crippen LogP contribution is -2.10. The normalized spacial score (nSPS) is 11.3. The summed E-state index contributed by atoms with van der Waals surface area (Å²) in [5.41, 5.74) is 2.22. The molecule has 0 radical (unpaired) electrons. The van der Waals surface area contributed by atoms with E-state index in [-0.39, 0.29) is 6.61 Å². The average Bonchev–Trinajstić information content (AvgIpc) is 2.60. The standard InChI is InChI=1S/C19H19NO3/c1-3-4-16-11-17(22-2)9-10-19(16)23-13-18(21)15-7-5-14(12-20)6-8-15/h3,5-11,18,21H,1,4,13H2,2H3. The summed E-state index contributed by atoms with van der Waals surface area (Å²) in [6.07, 6.45) is 1.68. The molecule has 0 aliphatic carbocycles. The zero-order chi connectivity index (χ0) is 16.7. The van der Waals surface area contributed by atoms with E-state index in [9.17, 15) is 5.11 Å². The van der Waals surface area contributed by atoms with Crippen LogP contribution in [0.25, 0.3) is 0 Å². The number of allylic oxidation sites excluding steroid dienone is 1. The number of methoxy groups -OCH3 is 1. The third-order valence-corrected chi connectivity index (χ3v) is 3.45. The molecule has 2 rings (SSSR count). The van der Waals surface area contributed by atoms with Gasteiger partial charge in [-0.1, -0.05) is 18.2 Å². The molecule has 0 saturated heterocycles. The van der Waals surface area contributed by atoms with Crippen LogP contribution in [-0.2, 0) is 6.42 Å². The van der Waals surface area contributed by atoms with Crippen molar-refractivity contribution in [3.63, 3.8) is 0 Å². The van der Waals surface area contributed by atoms with Crippen LogP contribution in [-0.4, -0.2) is 18.8 Å². The van der Waals surface area contributed by atoms with Crippen LogP contribution in [0.15, 0.2) is 55.1 Å². The van der Waals surface area contributed by atoms with Crippen molar-refractivity contribution in [1.82, 2.24) is 0 Å². The largest absolute Gasteiger partial charge is 0.497 e. The zero-order valence-electron chi connectivity index (χ0n) is 13.0. The minimum absolute atomic E-state index is 0.127. The first-order valence-electron chi connectivity index (χ1n) is 7.26. The summed E-state index contributed by atoms with van der Waals surface area (Å²) >= 11 is 0. The molecule has 118 valence electrons. The lowest BCUT2D eigenvalue weighted by Gasteiger charge is -2.15. The van der Waals surface area contributed by atoms with E-state index in [1.807, 2.05) is 24.3 Å². The third kappa shape index (κ3) is 4.35. The van der Waals surface area contributed by atoms with E-state index in [0.717, 1.165) is 11.3 Å². The number of nitrogens with zero attached hydrogens (tertiary/aromatic N) is 1. The monoisotopic (exact) mass is 309 g/mol. The first-order chi connectivity index (χ1) is 11.2. The fraction of sp³-hybridized carbons (Fsp3) is 0.211. The number of aliphatic hydroxyl groups is 1. The van der Waals surface area contributed by atoms with E-state index < -0.39 is 6.10 Å². The van der Waals surface area contributed by atoms with Crippen LogP contribution in [0.5, 0.6) is 11.5 Å². The molecule has 1 N–H and O–H groups in total. The van der Waals surface area contributed by atoms with Gasteiger partial charge in [0.25, 0.3) is 0 Å². The Morgan fingerprint density at radius 1 is 1.26 bits per heavy atom. The molecule has 4 heteroatoms. The molecule has 0 saturated carbocycles. The summed E-state index contributed by atoms with van der Waals surface area (Å²) in [5.74, 6) is 1.44. The molecule has 23 heavy (non-hydrogen) atoms. The lowest BCUT2D eigenvalue weighted by atomic mass is 10.1. The fourth-order valence-electron chi connectivity index (χ4n) is 2.18. The van der Waals surface area contributed by atoms with Crippen molar-refractivity contribution in [3.8, 4) is 17.6 Å². The quantitative estimate of drug-likeness (QED) is 0.796. The molecule has 0 bridgehead atoms. The number of rotatable bonds is 7. The maximum Gasteiger partial charge on any atom is 0.123 e. The van der Waals surface area contributed by atoms with Gasteiger partial charge in [0.05, 0.1) is 18.7 Å². The summed E-state index contributed by atoms with van der Waals surface area (Å²) in [7, 11) is 1.61. The predicted molar refractivity (Wildman–Crippen MR) is 88.5 cm³/mol. The maximum absolute atomic E-state index is 10.2. The highest BCUT2D eigenvalue weighted by atomic mass is 16.5. The summed E-state index contributed by atoms with van der Waals surface area (Å²) in [4.78, 5) is 0. The number of aliphatic hydroxyl groups excluding tert-OH is 1. The molecule has 0 amide bonds. The molecular formula is C19H19NO3. The van der Waals surface area contributed by atoms with Crippen LogP contribution in [0.3, 0.4) is 0 Å². The molecule has 0 aromatic heterocycles. The Morgan fingerprint density at radius 3 is 2.61 bits per heavy atom. The van der Waals surface area contributed by atoms with E-state index in [2.05, 4.69) is 6.58 Å². The van der Waals surface area contributed by atoms with Crippen LogP contribution in [0, 0.1) is 11.3 Å². The van der Waals surface area contributed by atoms with Gasteiger partial charge in [-0.25, -0.2) is 0 Å². The van der Waals surface area contributed by atoms with Gasteiger partial charge in [0.1, 0.15) is 24.2 Å². The van der Waals surface area contributed by atoms with Gasteiger partial charge in [-0.05, 0) is 42.3 Å². The van der Waals surface area contributed by atoms with Crippen LogP contribution < -0.4 is 9.47 Å². The first-order valence-corrected chi connectivity index (χ1v) is 7.26. The van der Waals surface area contributed by atoms with E-state index in [1.54, 1.807) is 37.5 Å². The zero-order valence-corrected chi connectivity index (χ0v) is 13.0. The highest BCUT2D eigenvalue weighted by Gasteiger charge is 2.11. The van der Waals surface area contributed by atoms with Gasteiger partial charge in [-0.3, -0.25) is 0 Å². The molecular weight excluding hydrogens is 290 g/mol. The van der Waals surface area contributed by atoms with Crippen LogP contribution in [0.4, 0.5) is 0 Å². The summed E-state index contributed by atoms with van der Waals surface area (Å²) < 4.78 is 11.0. The summed E-state index contributed by atoms with van der Waals surface area (Å²) in [6.45, 7) is 3.87. The van der Waals surface area contributed by atoms with Crippen molar-refractivity contribution in [2.75, 3.05) is 13.7 Å². The minimum Gasteiger partial charge on any atom is -0.497 e. The van der Waals surface area contributed by atoms with E-state index >= 15 is 0 Å². The lowest BCUT2D eigenvalue weighted by molar-refractivity contribution is 0.107. The molecule has 2 aromatic rings. The summed E-state index contributed by atoms with van der Waals surface area (Å²) in [5, 5.41) is 19.0. The SMILES string of the molecule is C=CCc1cc(OC)ccc1OCC(O)c1ccc(C#N)cc1. The van der Waals surface area contributed by atoms with E-state index in [0.29, 0.717) is 23.3 Å². The molecule has 2 aromatic carbocycles. The molecule has 4 nitrogen and oxygen atoms in total. The van der Waals surface area contributed by atoms with E-state index in [1.165, 1.54) is 0 Å². The van der Waals surface area contributed by atoms with Crippen molar-refractivity contribution >= 4 is 0 Å². The number of ether oxygens (including phenoxy) is 2. The van der Waals surface area contributed by atoms with Crippen molar-refractivity contribution in [3.05, 3.63) is 71.8 Å². The van der Waals surface area contributed by atoms with Crippen molar-refractivity contribution < 1.29 is 14.6 Å². The third-order valence-electron chi connectivity index (χ3n) is 3.45. The van der Waals surface area contributed by atoms with Gasteiger partial charge in [0.2, 0.25) is 0 Å². The van der Waals surface area contributed by atoms with E-state index in [4.69, 9.17) is 14.7 Å². The molecule has 0 aliphatic rings. The topological polar surface area (TPSA) is 62.5 Å². The molecule has 0 fully saturated rings. The van der Waals surface area contributed by atoms with Gasteiger partial charge in [-0.15, -0.1) is 6.58 Å². The Labute approximate surface area is 136 Å². The Bertz CT molecular complexity index is 702. The maximum atomic E-state index is 10.2. The highest BCUT2D eigenvalue weighted by Crippen LogP contribution is 2.26. The molecule has 1 unspecified atom stereocenters. The van der Waals surface area contributed by atoms with Gasteiger partial charge >= 0.3 is 0 Å². The van der Waals surface area contributed by atoms with Crippen LogP contribution in [0.1, 0.15) is 22.8 Å². The first kappa shape index (κ1) is 16.6. The minimum atomic E-state index is -0.763. The second-order valence-corrected chi connectivity index (χ2v) is 5.03. The second kappa shape index (κ2) is 8.02. The molecule has 1 atom stereocenters. The highest BCUT2D eigenvalue weighted by molar-refractivity contribution is 5.41. The Morgan fingerprint density at radius 2 is 2.00 bits per heavy atom. The molecule has 0 heterocycles. The van der Waals surface area contributed by atoms with Crippen molar-refractivity contribution in [1.29, 1.82) is 5.26 Å². The van der Waals surface area contributed by atoms with Crippen LogP contribution in [0.2, 0.25) is 0 Å². The number of hydrogen-bond acceptors (Lipinski definition) is 4.